The van der Waals surface area contributed by atoms with Gasteiger partial charge in [-0.15, -0.1) is 0 Å². The van der Waals surface area contributed by atoms with Crippen LogP contribution in [0.4, 0.5) is 4.39 Å². The van der Waals surface area contributed by atoms with Gasteiger partial charge in [0.25, 0.3) is 0 Å². The summed E-state index contributed by atoms with van der Waals surface area (Å²) in [5, 5.41) is 8.94. The molecule has 1 saturated heterocycles. The Labute approximate surface area is 210 Å². The molecule has 0 aliphatic carbocycles. The molecule has 1 amide bonds. The van der Waals surface area contributed by atoms with Crippen LogP contribution in [-0.2, 0) is 35.0 Å². The zero-order valence-electron chi connectivity index (χ0n) is 20.8. The average molecular weight is 515 g/mol. The number of carbonyl (C=O) groups excluding carboxylic acids is 1. The molecule has 192 valence electrons. The minimum Gasteiger partial charge on any atom is -0.336 e. The minimum absolute atomic E-state index is 0.0208. The van der Waals surface area contributed by atoms with E-state index >= 15 is 0 Å². The second-order valence-corrected chi connectivity index (χ2v) is 11.6. The fraction of sp³-hybridized carbons (Fsp3) is 0.480. The molecule has 2 aliphatic rings. The van der Waals surface area contributed by atoms with E-state index in [1.54, 1.807) is 37.7 Å². The van der Waals surface area contributed by atoms with E-state index in [0.717, 1.165) is 23.4 Å². The zero-order chi connectivity index (χ0) is 25.6. The molecule has 0 N–H and O–H groups in total. The van der Waals surface area contributed by atoms with Crippen molar-refractivity contribution in [2.45, 2.75) is 51.1 Å². The number of rotatable bonds is 4. The van der Waals surface area contributed by atoms with E-state index in [-0.39, 0.29) is 23.2 Å². The highest BCUT2D eigenvalue weighted by Gasteiger charge is 2.37. The maximum absolute atomic E-state index is 13.6. The number of piperidine rings is 1. The van der Waals surface area contributed by atoms with Gasteiger partial charge >= 0.3 is 0 Å². The van der Waals surface area contributed by atoms with Gasteiger partial charge in [-0.25, -0.2) is 12.8 Å². The maximum atomic E-state index is 13.6. The molecule has 3 aromatic rings. The Bertz CT molecular complexity index is 1400. The molecule has 1 atom stereocenters. The Kier molecular flexibility index (Phi) is 6.46. The predicted octanol–water partition coefficient (Wildman–Crippen LogP) is 2.87. The predicted molar refractivity (Wildman–Crippen MR) is 132 cm³/mol. The van der Waals surface area contributed by atoms with Crippen LogP contribution in [0.25, 0.3) is 11.3 Å². The summed E-state index contributed by atoms with van der Waals surface area (Å²) in [7, 11) is -2.02. The molecule has 2 aliphatic heterocycles. The number of sulfonamides is 1. The van der Waals surface area contributed by atoms with Gasteiger partial charge in [-0.1, -0.05) is 0 Å². The van der Waals surface area contributed by atoms with Crippen LogP contribution in [0.2, 0.25) is 0 Å². The summed E-state index contributed by atoms with van der Waals surface area (Å²) in [4.78, 5) is 15.7. The number of nitrogens with zero attached hydrogens (tertiary/aromatic N) is 6. The minimum atomic E-state index is -3.75. The van der Waals surface area contributed by atoms with Crippen molar-refractivity contribution in [3.63, 3.8) is 0 Å². The smallest absolute Gasteiger partial charge is 0.246 e. The number of amides is 1. The fourth-order valence-electron chi connectivity index (χ4n) is 5.29. The van der Waals surface area contributed by atoms with Crippen molar-refractivity contribution >= 4 is 15.9 Å². The number of fused-ring (bicyclic) bond motifs is 1. The van der Waals surface area contributed by atoms with Crippen LogP contribution < -0.4 is 0 Å². The second-order valence-electron chi connectivity index (χ2n) is 9.69. The van der Waals surface area contributed by atoms with Crippen molar-refractivity contribution in [1.29, 1.82) is 0 Å². The molecule has 0 bridgehead atoms. The number of benzene rings is 1. The molecule has 0 saturated carbocycles. The largest absolute Gasteiger partial charge is 0.336 e. The zero-order valence-corrected chi connectivity index (χ0v) is 21.6. The number of carbonyl (C=O) groups is 1. The molecule has 1 fully saturated rings. The van der Waals surface area contributed by atoms with Crippen LogP contribution in [0.5, 0.6) is 0 Å². The third-order valence-electron chi connectivity index (χ3n) is 7.24. The van der Waals surface area contributed by atoms with E-state index in [4.69, 9.17) is 0 Å². The summed E-state index contributed by atoms with van der Waals surface area (Å²) < 4.78 is 45.2. The first kappa shape index (κ1) is 24.6. The standard InChI is InChI=1S/C25H31FN6O3S/c1-17-24(18(2)29(3)27-17)36(34,35)31-12-4-6-20(15-31)25(33)30-11-5-13-32-22(16-30)14-23(28-32)19-7-9-21(26)10-8-19/h7-10,14,20H,4-6,11-13,15-16H2,1-3H3. The van der Waals surface area contributed by atoms with Gasteiger partial charge in [0.1, 0.15) is 10.7 Å². The monoisotopic (exact) mass is 514 g/mol. The molecule has 4 heterocycles. The third kappa shape index (κ3) is 4.45. The molecule has 0 spiro atoms. The molecule has 5 rings (SSSR count). The summed E-state index contributed by atoms with van der Waals surface area (Å²) in [6, 6.07) is 8.16. The van der Waals surface area contributed by atoms with Gasteiger partial charge in [0.15, 0.2) is 0 Å². The number of aryl methyl sites for hydroxylation is 3. The molecule has 1 unspecified atom stereocenters. The highest BCUT2D eigenvalue weighted by Crippen LogP contribution is 2.29. The molecule has 11 heteroatoms. The summed E-state index contributed by atoms with van der Waals surface area (Å²) in [6.07, 6.45) is 2.05. The van der Waals surface area contributed by atoms with E-state index in [9.17, 15) is 17.6 Å². The van der Waals surface area contributed by atoms with Crippen molar-refractivity contribution < 1.29 is 17.6 Å². The normalized spacial score (nSPS) is 19.2. The summed E-state index contributed by atoms with van der Waals surface area (Å²) >= 11 is 0. The van der Waals surface area contributed by atoms with Crippen LogP contribution in [0.1, 0.15) is 36.3 Å². The van der Waals surface area contributed by atoms with E-state index in [1.807, 2.05) is 15.6 Å². The summed E-state index contributed by atoms with van der Waals surface area (Å²) in [5.74, 6) is -0.710. The van der Waals surface area contributed by atoms with Crippen LogP contribution in [0, 0.1) is 25.6 Å². The summed E-state index contributed by atoms with van der Waals surface area (Å²) in [5.41, 5.74) is 3.56. The van der Waals surface area contributed by atoms with Gasteiger partial charge < -0.3 is 4.90 Å². The first-order chi connectivity index (χ1) is 17.1. The van der Waals surface area contributed by atoms with Crippen molar-refractivity contribution in [2.75, 3.05) is 19.6 Å². The van der Waals surface area contributed by atoms with E-state index < -0.39 is 15.9 Å². The number of halogens is 1. The lowest BCUT2D eigenvalue weighted by molar-refractivity contribution is -0.137. The van der Waals surface area contributed by atoms with Gasteiger partial charge in [0.2, 0.25) is 15.9 Å². The van der Waals surface area contributed by atoms with Crippen LogP contribution >= 0.6 is 0 Å². The quantitative estimate of drug-likeness (QED) is 0.534. The number of aromatic nitrogens is 4. The Morgan fingerprint density at radius 1 is 1.06 bits per heavy atom. The Morgan fingerprint density at radius 3 is 2.50 bits per heavy atom. The van der Waals surface area contributed by atoms with Gasteiger partial charge in [0, 0.05) is 38.8 Å². The topological polar surface area (TPSA) is 93.3 Å². The SMILES string of the molecule is Cc1nn(C)c(C)c1S(=O)(=O)N1CCCC(C(=O)N2CCCn3nc(-c4ccc(F)cc4)cc3C2)C1. The molecule has 2 aromatic heterocycles. The average Bonchev–Trinajstić information content (AvgIpc) is 3.29. The van der Waals surface area contributed by atoms with Crippen LogP contribution in [0.3, 0.4) is 0 Å². The first-order valence-electron chi connectivity index (χ1n) is 12.3. The lowest BCUT2D eigenvalue weighted by Gasteiger charge is -2.34. The van der Waals surface area contributed by atoms with Crippen LogP contribution in [-0.4, -0.2) is 62.7 Å². The van der Waals surface area contributed by atoms with E-state index in [0.29, 0.717) is 50.4 Å². The summed E-state index contributed by atoms with van der Waals surface area (Å²) in [6.45, 7) is 5.71. The maximum Gasteiger partial charge on any atom is 0.246 e. The van der Waals surface area contributed by atoms with Crippen molar-refractivity contribution in [3.8, 4) is 11.3 Å². The van der Waals surface area contributed by atoms with Gasteiger partial charge in [-0.2, -0.15) is 14.5 Å². The Hall–Kier alpha value is -3.05. The Balaban J connectivity index is 1.33. The van der Waals surface area contributed by atoms with Gasteiger partial charge in [-0.05, 0) is 63.4 Å². The van der Waals surface area contributed by atoms with E-state index in [1.165, 1.54) is 16.4 Å². The van der Waals surface area contributed by atoms with Crippen molar-refractivity contribution in [1.82, 2.24) is 28.8 Å². The van der Waals surface area contributed by atoms with Crippen LogP contribution in [0.15, 0.2) is 35.2 Å². The van der Waals surface area contributed by atoms with Crippen molar-refractivity contribution in [3.05, 3.63) is 53.2 Å². The van der Waals surface area contributed by atoms with Crippen molar-refractivity contribution in [2.24, 2.45) is 13.0 Å². The molecule has 0 radical (unpaired) electrons. The molecular weight excluding hydrogens is 483 g/mol. The second kappa shape index (κ2) is 9.44. The van der Waals surface area contributed by atoms with Gasteiger partial charge in [-0.3, -0.25) is 14.2 Å². The Morgan fingerprint density at radius 2 is 1.81 bits per heavy atom. The van der Waals surface area contributed by atoms with E-state index in [2.05, 4.69) is 10.2 Å². The first-order valence-corrected chi connectivity index (χ1v) is 13.7. The highest BCUT2D eigenvalue weighted by atomic mass is 32.2. The number of hydrogen-bond acceptors (Lipinski definition) is 5. The molecule has 9 nitrogen and oxygen atoms in total. The molecule has 1 aromatic carbocycles. The molecule has 36 heavy (non-hydrogen) atoms. The lowest BCUT2D eigenvalue weighted by Crippen LogP contribution is -2.46. The number of hydrogen-bond donors (Lipinski definition) is 0. The van der Waals surface area contributed by atoms with Gasteiger partial charge in [0.05, 0.1) is 35.2 Å². The molecular formula is C25H31FN6O3S. The lowest BCUT2D eigenvalue weighted by atomic mass is 9.98. The highest BCUT2D eigenvalue weighted by molar-refractivity contribution is 7.89. The fourth-order valence-corrected chi connectivity index (χ4v) is 7.21. The third-order valence-corrected chi connectivity index (χ3v) is 9.36.